The van der Waals surface area contributed by atoms with E-state index in [0.717, 1.165) is 16.0 Å². The summed E-state index contributed by atoms with van der Waals surface area (Å²) < 4.78 is 0. The summed E-state index contributed by atoms with van der Waals surface area (Å²) in [6, 6.07) is 8.18. The van der Waals surface area contributed by atoms with Crippen LogP contribution in [0.15, 0.2) is 29.6 Å². The quantitative estimate of drug-likeness (QED) is 0.836. The second-order valence-electron chi connectivity index (χ2n) is 4.21. The third-order valence-electron chi connectivity index (χ3n) is 2.99. The molecule has 0 aliphatic rings. The van der Waals surface area contributed by atoms with E-state index >= 15 is 0 Å². The molecule has 1 heterocycles. The average molecular weight is 232 g/mol. The normalized spacial score (nSPS) is 12.8. The Bertz CT molecular complexity index is 486. The second-order valence-corrected chi connectivity index (χ2v) is 5.19. The van der Waals surface area contributed by atoms with Crippen LogP contribution in [0.2, 0.25) is 0 Å². The molecule has 0 saturated heterocycles. The van der Waals surface area contributed by atoms with Gasteiger partial charge < -0.3 is 5.11 Å². The fourth-order valence-corrected chi connectivity index (χ4v) is 2.60. The van der Waals surface area contributed by atoms with Crippen molar-refractivity contribution in [3.8, 4) is 0 Å². The highest BCUT2D eigenvalue weighted by molar-refractivity contribution is 7.10. The summed E-state index contributed by atoms with van der Waals surface area (Å²) in [7, 11) is 0. The summed E-state index contributed by atoms with van der Waals surface area (Å²) in [4.78, 5) is 1.01. The third-order valence-corrected chi connectivity index (χ3v) is 3.91. The summed E-state index contributed by atoms with van der Waals surface area (Å²) in [6.07, 6.45) is -0.487. The van der Waals surface area contributed by atoms with Crippen LogP contribution in [-0.2, 0) is 0 Å². The Morgan fingerprint density at radius 1 is 1.06 bits per heavy atom. The summed E-state index contributed by atoms with van der Waals surface area (Å²) in [6.45, 7) is 6.24. The third kappa shape index (κ3) is 2.04. The highest BCUT2D eigenvalue weighted by Crippen LogP contribution is 2.29. The molecular formula is C14H16OS. The van der Waals surface area contributed by atoms with Crippen LogP contribution in [0.5, 0.6) is 0 Å². The second kappa shape index (κ2) is 4.40. The minimum atomic E-state index is -0.487. The Kier molecular flexibility index (Phi) is 3.13. The van der Waals surface area contributed by atoms with E-state index in [1.807, 2.05) is 17.5 Å². The molecule has 0 aliphatic carbocycles. The van der Waals surface area contributed by atoms with Crippen LogP contribution in [0.4, 0.5) is 0 Å². The molecule has 2 rings (SSSR count). The molecule has 1 nitrogen and oxygen atoms in total. The lowest BCUT2D eigenvalue weighted by Gasteiger charge is -2.14. The van der Waals surface area contributed by atoms with Gasteiger partial charge in [-0.1, -0.05) is 18.2 Å². The molecule has 0 bridgehead atoms. The molecule has 1 aromatic carbocycles. The highest BCUT2D eigenvalue weighted by Gasteiger charge is 2.14. The van der Waals surface area contributed by atoms with Gasteiger partial charge in [0.25, 0.3) is 0 Å². The van der Waals surface area contributed by atoms with E-state index in [0.29, 0.717) is 0 Å². The lowest BCUT2D eigenvalue weighted by atomic mass is 9.96. The van der Waals surface area contributed by atoms with Crippen molar-refractivity contribution in [2.75, 3.05) is 0 Å². The number of thiophene rings is 1. The van der Waals surface area contributed by atoms with Gasteiger partial charge >= 0.3 is 0 Å². The maximum Gasteiger partial charge on any atom is 0.113 e. The smallest absolute Gasteiger partial charge is 0.113 e. The molecule has 1 unspecified atom stereocenters. The lowest BCUT2D eigenvalue weighted by molar-refractivity contribution is 0.223. The maximum absolute atomic E-state index is 10.3. The summed E-state index contributed by atoms with van der Waals surface area (Å²) in [5.74, 6) is 0. The van der Waals surface area contributed by atoms with E-state index in [1.54, 1.807) is 11.3 Å². The van der Waals surface area contributed by atoms with E-state index in [1.165, 1.54) is 11.1 Å². The zero-order valence-electron chi connectivity index (χ0n) is 9.82. The van der Waals surface area contributed by atoms with E-state index in [-0.39, 0.29) is 0 Å². The number of hydrogen-bond acceptors (Lipinski definition) is 2. The molecule has 0 aliphatic heterocycles. The van der Waals surface area contributed by atoms with Crippen LogP contribution < -0.4 is 0 Å². The molecule has 0 fully saturated rings. The van der Waals surface area contributed by atoms with Gasteiger partial charge in [-0.2, -0.15) is 0 Å². The maximum atomic E-state index is 10.3. The summed E-state index contributed by atoms with van der Waals surface area (Å²) in [5, 5.41) is 12.3. The molecule has 2 aromatic rings. The van der Waals surface area contributed by atoms with Crippen molar-refractivity contribution >= 4 is 11.3 Å². The van der Waals surface area contributed by atoms with Gasteiger partial charge in [0.2, 0.25) is 0 Å². The van der Waals surface area contributed by atoms with Crippen molar-refractivity contribution < 1.29 is 5.11 Å². The van der Waals surface area contributed by atoms with Gasteiger partial charge in [0, 0.05) is 4.88 Å². The fraction of sp³-hybridized carbons (Fsp3) is 0.286. The Balaban J connectivity index is 2.44. The van der Waals surface area contributed by atoms with Gasteiger partial charge in [0.1, 0.15) is 6.10 Å². The Morgan fingerprint density at radius 3 is 2.38 bits per heavy atom. The minimum Gasteiger partial charge on any atom is -0.383 e. The van der Waals surface area contributed by atoms with Crippen molar-refractivity contribution in [2.24, 2.45) is 0 Å². The lowest BCUT2D eigenvalue weighted by Crippen LogP contribution is -2.01. The first kappa shape index (κ1) is 11.4. The van der Waals surface area contributed by atoms with Crippen molar-refractivity contribution in [3.63, 3.8) is 0 Å². The molecule has 1 aromatic heterocycles. The first-order valence-corrected chi connectivity index (χ1v) is 6.27. The largest absolute Gasteiger partial charge is 0.383 e. The van der Waals surface area contributed by atoms with Crippen LogP contribution in [0.1, 0.15) is 33.2 Å². The predicted molar refractivity (Wildman–Crippen MR) is 69.0 cm³/mol. The summed E-state index contributed by atoms with van der Waals surface area (Å²) >= 11 is 1.59. The number of rotatable bonds is 2. The SMILES string of the molecule is Cc1cc(C)c(C(O)c2cccs2)cc1C. The van der Waals surface area contributed by atoms with Crippen LogP contribution in [0, 0.1) is 20.8 Å². The molecule has 84 valence electrons. The monoisotopic (exact) mass is 232 g/mol. The van der Waals surface area contributed by atoms with Gasteiger partial charge in [0.15, 0.2) is 0 Å². The molecule has 0 saturated carbocycles. The van der Waals surface area contributed by atoms with E-state index in [2.05, 4.69) is 32.9 Å². The van der Waals surface area contributed by atoms with Crippen molar-refractivity contribution in [1.82, 2.24) is 0 Å². The highest BCUT2D eigenvalue weighted by atomic mass is 32.1. The average Bonchev–Trinajstić information content (AvgIpc) is 2.75. The molecule has 1 N–H and O–H groups in total. The number of benzene rings is 1. The van der Waals surface area contributed by atoms with Gasteiger partial charge in [-0.3, -0.25) is 0 Å². The first-order chi connectivity index (χ1) is 7.59. The zero-order valence-corrected chi connectivity index (χ0v) is 10.6. The Morgan fingerprint density at radius 2 is 1.75 bits per heavy atom. The number of aryl methyl sites for hydroxylation is 3. The summed E-state index contributed by atoms with van der Waals surface area (Å²) in [5.41, 5.74) is 4.69. The predicted octanol–water partition coefficient (Wildman–Crippen LogP) is 3.76. The number of aliphatic hydroxyl groups excluding tert-OH is 1. The molecule has 16 heavy (non-hydrogen) atoms. The Hall–Kier alpha value is -1.12. The number of aliphatic hydroxyl groups is 1. The molecule has 0 radical (unpaired) electrons. The fourth-order valence-electron chi connectivity index (χ4n) is 1.88. The molecule has 0 amide bonds. The van der Waals surface area contributed by atoms with Gasteiger partial charge in [-0.15, -0.1) is 11.3 Å². The topological polar surface area (TPSA) is 20.2 Å². The van der Waals surface area contributed by atoms with Crippen molar-refractivity contribution in [3.05, 3.63) is 56.8 Å². The van der Waals surface area contributed by atoms with Crippen LogP contribution in [0.3, 0.4) is 0 Å². The van der Waals surface area contributed by atoms with Crippen molar-refractivity contribution in [1.29, 1.82) is 0 Å². The van der Waals surface area contributed by atoms with Crippen LogP contribution in [-0.4, -0.2) is 5.11 Å². The van der Waals surface area contributed by atoms with Gasteiger partial charge in [0.05, 0.1) is 0 Å². The van der Waals surface area contributed by atoms with Gasteiger partial charge in [-0.05, 0) is 54.5 Å². The van der Waals surface area contributed by atoms with E-state index < -0.39 is 6.10 Å². The first-order valence-electron chi connectivity index (χ1n) is 5.39. The van der Waals surface area contributed by atoms with Crippen LogP contribution >= 0.6 is 11.3 Å². The molecular weight excluding hydrogens is 216 g/mol. The Labute approximate surface area is 100 Å². The standard InChI is InChI=1S/C14H16OS/c1-9-7-11(3)12(8-10(9)2)14(15)13-5-4-6-16-13/h4-8,14-15H,1-3H3. The molecule has 2 heteroatoms. The van der Waals surface area contributed by atoms with E-state index in [9.17, 15) is 5.11 Å². The zero-order chi connectivity index (χ0) is 11.7. The molecule has 1 atom stereocenters. The van der Waals surface area contributed by atoms with E-state index in [4.69, 9.17) is 0 Å². The molecule has 0 spiro atoms. The minimum absolute atomic E-state index is 0.487. The van der Waals surface area contributed by atoms with Gasteiger partial charge in [-0.25, -0.2) is 0 Å². The van der Waals surface area contributed by atoms with Crippen molar-refractivity contribution in [2.45, 2.75) is 26.9 Å². The number of hydrogen-bond donors (Lipinski definition) is 1. The van der Waals surface area contributed by atoms with Crippen LogP contribution in [0.25, 0.3) is 0 Å².